The van der Waals surface area contributed by atoms with Gasteiger partial charge in [-0.05, 0) is 86.4 Å². The molecule has 6 heteroatoms. The molecule has 0 unspecified atom stereocenters. The zero-order chi connectivity index (χ0) is 25.1. The van der Waals surface area contributed by atoms with Crippen LogP contribution in [0.15, 0.2) is 46.4 Å². The van der Waals surface area contributed by atoms with Gasteiger partial charge in [0.25, 0.3) is 0 Å². The molecule has 4 heterocycles. The van der Waals surface area contributed by atoms with Crippen LogP contribution in [-0.2, 0) is 0 Å². The first kappa shape index (κ1) is 22.7. The largest absolute Gasteiger partial charge is 0.368 e. The second-order valence-corrected chi connectivity index (χ2v) is 11.8. The molecule has 6 nitrogen and oxygen atoms in total. The Balaban J connectivity index is 1.13. The zero-order valence-corrected chi connectivity index (χ0v) is 22.5. The minimum atomic E-state index is 1.06. The Bertz CT molecular complexity index is 1330. The molecule has 0 aliphatic carbocycles. The van der Waals surface area contributed by atoms with Crippen molar-refractivity contribution in [3.8, 4) is 0 Å². The molecule has 0 spiro atoms. The van der Waals surface area contributed by atoms with Gasteiger partial charge in [0.1, 0.15) is 10.7 Å². The summed E-state index contributed by atoms with van der Waals surface area (Å²) in [7, 11) is 0. The number of hydrogen-bond donors (Lipinski definition) is 0. The molecule has 4 saturated heterocycles. The molecule has 4 aliphatic heterocycles. The first-order chi connectivity index (χ1) is 18.8. The van der Waals surface area contributed by atoms with Gasteiger partial charge in [-0.2, -0.15) is 0 Å². The first-order valence-corrected chi connectivity index (χ1v) is 15.0. The molecular weight excluding hydrogens is 468 g/mol. The molecule has 0 saturated carbocycles. The molecule has 0 atom stereocenters. The summed E-state index contributed by atoms with van der Waals surface area (Å²) in [5.74, 6) is 0. The minimum Gasteiger partial charge on any atom is -0.368 e. The van der Waals surface area contributed by atoms with Crippen molar-refractivity contribution in [2.45, 2.75) is 51.4 Å². The van der Waals surface area contributed by atoms with E-state index in [2.05, 4.69) is 56.0 Å². The van der Waals surface area contributed by atoms with Crippen molar-refractivity contribution in [3.63, 3.8) is 0 Å². The maximum absolute atomic E-state index is 5.21. The van der Waals surface area contributed by atoms with Gasteiger partial charge < -0.3 is 19.6 Å². The summed E-state index contributed by atoms with van der Waals surface area (Å²) in [5.41, 5.74) is 7.81. The Labute approximate surface area is 225 Å². The monoisotopic (exact) mass is 506 g/mol. The quantitative estimate of drug-likeness (QED) is 0.348. The van der Waals surface area contributed by atoms with Crippen molar-refractivity contribution in [2.75, 3.05) is 72.0 Å². The van der Waals surface area contributed by atoms with E-state index in [-0.39, 0.29) is 0 Å². The van der Waals surface area contributed by atoms with Crippen LogP contribution in [0.5, 0.6) is 0 Å². The second-order valence-electron chi connectivity index (χ2n) is 11.8. The number of nitrogens with zero attached hydrogens (tertiary/aromatic N) is 6. The third-order valence-corrected chi connectivity index (χ3v) is 9.20. The Morgan fingerprint density at radius 3 is 1.03 bits per heavy atom. The molecule has 8 rings (SSSR count). The standard InChI is InChI=1S/C32H38N6/c1-2-14-35(13-1)29-27(30(29)36-15-3-4-16-36)33-25-11-9-23-10-12-26(22-24(23)21-25)34-28-31(37-17-5-6-18-37)32(28)38-19-7-8-20-38/h9-12,21-22H,1-8,13-20H2. The maximum atomic E-state index is 5.21. The van der Waals surface area contributed by atoms with Crippen molar-refractivity contribution < 1.29 is 0 Å². The highest BCUT2D eigenvalue weighted by Crippen LogP contribution is 2.39. The summed E-state index contributed by atoms with van der Waals surface area (Å²) in [6.07, 6.45) is 10.4. The molecule has 196 valence electrons. The maximum Gasteiger partial charge on any atom is 0.115 e. The predicted molar refractivity (Wildman–Crippen MR) is 158 cm³/mol. The Morgan fingerprint density at radius 1 is 0.395 bits per heavy atom. The average molecular weight is 507 g/mol. The van der Waals surface area contributed by atoms with Gasteiger partial charge in [0, 0.05) is 52.4 Å². The normalized spacial score (nSPS) is 20.3. The van der Waals surface area contributed by atoms with E-state index in [0.29, 0.717) is 0 Å². The van der Waals surface area contributed by atoms with Gasteiger partial charge in [-0.25, -0.2) is 9.98 Å². The van der Waals surface area contributed by atoms with Crippen LogP contribution in [0.1, 0.15) is 51.4 Å². The Kier molecular flexibility index (Phi) is 5.48. The lowest BCUT2D eigenvalue weighted by atomic mass is 10.1. The number of rotatable bonds is 6. The van der Waals surface area contributed by atoms with Crippen molar-refractivity contribution >= 4 is 44.9 Å². The van der Waals surface area contributed by atoms with Crippen LogP contribution in [-0.4, -0.2) is 52.4 Å². The van der Waals surface area contributed by atoms with Crippen molar-refractivity contribution in [2.24, 2.45) is 9.98 Å². The van der Waals surface area contributed by atoms with Gasteiger partial charge in [-0.3, -0.25) is 0 Å². The lowest BCUT2D eigenvalue weighted by molar-refractivity contribution is 0.949. The van der Waals surface area contributed by atoms with Gasteiger partial charge in [0.2, 0.25) is 0 Å². The smallest absolute Gasteiger partial charge is 0.115 e. The summed E-state index contributed by atoms with van der Waals surface area (Å²) in [6, 6.07) is 13.3. The van der Waals surface area contributed by atoms with Crippen LogP contribution >= 0.6 is 0 Å². The van der Waals surface area contributed by atoms with Crippen LogP contribution in [0, 0.1) is 0 Å². The lowest BCUT2D eigenvalue weighted by Crippen LogP contribution is -2.18. The third-order valence-electron chi connectivity index (χ3n) is 9.20. The van der Waals surface area contributed by atoms with Crippen LogP contribution in [0.3, 0.4) is 0 Å². The molecule has 0 N–H and O–H groups in total. The Morgan fingerprint density at radius 2 is 0.711 bits per heavy atom. The first-order valence-electron chi connectivity index (χ1n) is 15.0. The molecule has 0 bridgehead atoms. The molecule has 4 aromatic rings. The van der Waals surface area contributed by atoms with Gasteiger partial charge >= 0.3 is 0 Å². The van der Waals surface area contributed by atoms with Crippen molar-refractivity contribution in [1.29, 1.82) is 0 Å². The molecule has 4 aromatic carbocycles. The SMILES string of the molecule is c1cc2ccc(N=c3c(N4CCCC4)c3N3CCCC3)cc2cc1N=c1c(N2CCCC2)c1N1CCCC1. The fraction of sp³-hybridized carbons (Fsp3) is 0.500. The second kappa shape index (κ2) is 9.18. The number of anilines is 4. The highest BCUT2D eigenvalue weighted by Gasteiger charge is 2.34. The van der Waals surface area contributed by atoms with E-state index in [4.69, 9.17) is 9.98 Å². The molecular formula is C32H38N6. The number of benzene rings is 2. The van der Waals surface area contributed by atoms with E-state index in [9.17, 15) is 0 Å². The summed E-state index contributed by atoms with van der Waals surface area (Å²) >= 11 is 0. The van der Waals surface area contributed by atoms with E-state index in [1.165, 1.54) is 148 Å². The van der Waals surface area contributed by atoms with Crippen LogP contribution in [0.2, 0.25) is 0 Å². The van der Waals surface area contributed by atoms with E-state index in [1.807, 2.05) is 0 Å². The molecule has 4 fully saturated rings. The van der Waals surface area contributed by atoms with E-state index >= 15 is 0 Å². The van der Waals surface area contributed by atoms with E-state index in [0.717, 1.165) is 11.4 Å². The fourth-order valence-electron chi connectivity index (χ4n) is 7.11. The highest BCUT2D eigenvalue weighted by molar-refractivity contribution is 5.90. The zero-order valence-electron chi connectivity index (χ0n) is 22.5. The molecule has 38 heavy (non-hydrogen) atoms. The van der Waals surface area contributed by atoms with E-state index < -0.39 is 0 Å². The molecule has 4 aliphatic rings. The van der Waals surface area contributed by atoms with Crippen LogP contribution < -0.4 is 30.3 Å². The minimum absolute atomic E-state index is 1.06. The molecule has 0 aromatic heterocycles. The summed E-state index contributed by atoms with van der Waals surface area (Å²) in [6.45, 7) is 9.44. The number of hydrogen-bond acceptors (Lipinski definition) is 6. The van der Waals surface area contributed by atoms with Gasteiger partial charge in [0.15, 0.2) is 0 Å². The fourth-order valence-corrected chi connectivity index (χ4v) is 7.11. The lowest BCUT2D eigenvalue weighted by Gasteiger charge is -2.15. The van der Waals surface area contributed by atoms with E-state index in [1.54, 1.807) is 0 Å². The summed E-state index contributed by atoms with van der Waals surface area (Å²) < 4.78 is 0. The number of fused-ring (bicyclic) bond motifs is 1. The Hall–Kier alpha value is -3.28. The van der Waals surface area contributed by atoms with Gasteiger partial charge in [0.05, 0.1) is 34.1 Å². The summed E-state index contributed by atoms with van der Waals surface area (Å²) in [5, 5.41) is 4.95. The third kappa shape index (κ3) is 4.00. The predicted octanol–water partition coefficient (Wildman–Crippen LogP) is 5.46. The highest BCUT2D eigenvalue weighted by atomic mass is 15.3. The van der Waals surface area contributed by atoms with Gasteiger partial charge in [-0.15, -0.1) is 0 Å². The average Bonchev–Trinajstić information content (AvgIpc) is 3.51. The molecule has 0 amide bonds. The molecule has 0 radical (unpaired) electrons. The van der Waals surface area contributed by atoms with Crippen molar-refractivity contribution in [3.05, 3.63) is 47.1 Å². The summed E-state index contributed by atoms with van der Waals surface area (Å²) in [4.78, 5) is 20.7. The van der Waals surface area contributed by atoms with Crippen LogP contribution in [0.4, 0.5) is 34.1 Å². The van der Waals surface area contributed by atoms with Gasteiger partial charge in [-0.1, -0.05) is 12.1 Å². The topological polar surface area (TPSA) is 37.7 Å². The van der Waals surface area contributed by atoms with Crippen molar-refractivity contribution in [1.82, 2.24) is 0 Å². The van der Waals surface area contributed by atoms with Crippen LogP contribution in [0.25, 0.3) is 10.8 Å².